The maximum Gasteiger partial charge on any atom is 0.328 e. The summed E-state index contributed by atoms with van der Waals surface area (Å²) < 4.78 is 4.94. The van der Waals surface area contributed by atoms with Gasteiger partial charge in [0.2, 0.25) is 0 Å². The molecule has 0 spiro atoms. The van der Waals surface area contributed by atoms with E-state index in [2.05, 4.69) is 12.2 Å². The van der Waals surface area contributed by atoms with Crippen molar-refractivity contribution in [1.82, 2.24) is 4.90 Å². The number of methoxy groups -OCH3 is 1. The van der Waals surface area contributed by atoms with Crippen molar-refractivity contribution in [2.75, 3.05) is 12.4 Å². The van der Waals surface area contributed by atoms with Gasteiger partial charge in [0.25, 0.3) is 11.8 Å². The van der Waals surface area contributed by atoms with Crippen LogP contribution in [0.4, 0.5) is 5.69 Å². The molecule has 1 atom stereocenters. The van der Waals surface area contributed by atoms with Gasteiger partial charge in [-0.25, -0.2) is 4.79 Å². The Hall–Kier alpha value is -3.93. The standard InChI is InChI=1S/C29H30N2O4/c1-5-19-6-8-21(9-7-19)27(32)30-24-14-12-20(13-15-24)22-10-11-23-17-31(28(33)25(23)16-22)26(18(2)3)29(34)35-4/h6-16,18,26H,5,17H2,1-4H3,(H,30,32). The number of esters is 1. The van der Waals surface area contributed by atoms with E-state index in [0.717, 1.165) is 23.1 Å². The first-order valence-corrected chi connectivity index (χ1v) is 11.8. The largest absolute Gasteiger partial charge is 0.467 e. The number of aryl methyl sites for hydroxylation is 1. The van der Waals surface area contributed by atoms with Gasteiger partial charge >= 0.3 is 5.97 Å². The van der Waals surface area contributed by atoms with Crippen LogP contribution in [-0.4, -0.2) is 35.8 Å². The molecule has 6 heteroatoms. The summed E-state index contributed by atoms with van der Waals surface area (Å²) in [7, 11) is 1.34. The van der Waals surface area contributed by atoms with E-state index in [1.165, 1.54) is 12.7 Å². The molecule has 1 aliphatic heterocycles. The molecule has 1 N–H and O–H groups in total. The van der Waals surface area contributed by atoms with Gasteiger partial charge in [-0.15, -0.1) is 0 Å². The molecule has 2 amide bonds. The van der Waals surface area contributed by atoms with Crippen LogP contribution < -0.4 is 5.32 Å². The van der Waals surface area contributed by atoms with Crippen LogP contribution in [0, 0.1) is 5.92 Å². The van der Waals surface area contributed by atoms with Crippen LogP contribution in [-0.2, 0) is 22.5 Å². The van der Waals surface area contributed by atoms with Crippen molar-refractivity contribution in [3.05, 3.63) is 89.0 Å². The molecular weight excluding hydrogens is 440 g/mol. The van der Waals surface area contributed by atoms with Crippen LogP contribution in [0.3, 0.4) is 0 Å². The van der Waals surface area contributed by atoms with Crippen molar-refractivity contribution in [3.63, 3.8) is 0 Å². The van der Waals surface area contributed by atoms with Crippen molar-refractivity contribution >= 4 is 23.5 Å². The molecule has 0 aliphatic carbocycles. The van der Waals surface area contributed by atoms with Gasteiger partial charge in [-0.1, -0.05) is 57.2 Å². The molecule has 3 aromatic carbocycles. The Balaban J connectivity index is 1.50. The van der Waals surface area contributed by atoms with Crippen molar-refractivity contribution in [2.24, 2.45) is 5.92 Å². The molecule has 4 rings (SSSR count). The summed E-state index contributed by atoms with van der Waals surface area (Å²) in [5.41, 5.74) is 5.81. The predicted octanol–water partition coefficient (Wildman–Crippen LogP) is 5.32. The molecule has 0 bridgehead atoms. The number of hydrogen-bond acceptors (Lipinski definition) is 4. The van der Waals surface area contributed by atoms with E-state index in [-0.39, 0.29) is 17.7 Å². The zero-order valence-electron chi connectivity index (χ0n) is 20.5. The van der Waals surface area contributed by atoms with Gasteiger partial charge in [0.15, 0.2) is 0 Å². The molecule has 0 saturated heterocycles. The van der Waals surface area contributed by atoms with E-state index in [1.54, 1.807) is 4.90 Å². The first-order valence-electron chi connectivity index (χ1n) is 11.8. The van der Waals surface area contributed by atoms with Crippen LogP contribution in [0.2, 0.25) is 0 Å². The molecule has 35 heavy (non-hydrogen) atoms. The van der Waals surface area contributed by atoms with E-state index >= 15 is 0 Å². The highest BCUT2D eigenvalue weighted by atomic mass is 16.5. The fourth-order valence-corrected chi connectivity index (χ4v) is 4.45. The number of nitrogens with zero attached hydrogens (tertiary/aromatic N) is 1. The first-order chi connectivity index (χ1) is 16.8. The van der Waals surface area contributed by atoms with Crippen molar-refractivity contribution in [2.45, 2.75) is 39.8 Å². The molecule has 0 aromatic heterocycles. The Morgan fingerprint density at radius 2 is 1.63 bits per heavy atom. The fraction of sp³-hybridized carbons (Fsp3) is 0.276. The number of ether oxygens (including phenoxy) is 1. The van der Waals surface area contributed by atoms with Crippen molar-refractivity contribution in [1.29, 1.82) is 0 Å². The molecule has 0 saturated carbocycles. The van der Waals surface area contributed by atoms with Gasteiger partial charge in [-0.05, 0) is 64.9 Å². The third-order valence-corrected chi connectivity index (χ3v) is 6.45. The molecular formula is C29H30N2O4. The molecule has 1 unspecified atom stereocenters. The minimum Gasteiger partial charge on any atom is -0.467 e. The normalized spacial score (nSPS) is 13.5. The number of carbonyl (C=O) groups excluding carboxylic acids is 3. The molecule has 1 aliphatic rings. The van der Waals surface area contributed by atoms with Crippen molar-refractivity contribution < 1.29 is 19.1 Å². The lowest BCUT2D eigenvalue weighted by Crippen LogP contribution is -2.45. The highest BCUT2D eigenvalue weighted by molar-refractivity contribution is 6.04. The van der Waals surface area contributed by atoms with Gasteiger partial charge in [-0.3, -0.25) is 9.59 Å². The summed E-state index contributed by atoms with van der Waals surface area (Å²) in [6, 6.07) is 20.3. The Morgan fingerprint density at radius 3 is 2.23 bits per heavy atom. The van der Waals surface area contributed by atoms with Gasteiger partial charge in [0.05, 0.1) is 7.11 Å². The van der Waals surface area contributed by atoms with E-state index in [9.17, 15) is 14.4 Å². The van der Waals surface area contributed by atoms with Crippen LogP contribution in [0.25, 0.3) is 11.1 Å². The number of amides is 2. The fourth-order valence-electron chi connectivity index (χ4n) is 4.45. The Morgan fingerprint density at radius 1 is 0.971 bits per heavy atom. The van der Waals surface area contributed by atoms with Crippen molar-refractivity contribution in [3.8, 4) is 11.1 Å². The summed E-state index contributed by atoms with van der Waals surface area (Å²) in [4.78, 5) is 39.6. The number of nitrogens with one attached hydrogen (secondary N) is 1. The minimum absolute atomic E-state index is 0.0625. The summed E-state index contributed by atoms with van der Waals surface area (Å²) in [6.45, 7) is 6.28. The highest BCUT2D eigenvalue weighted by Gasteiger charge is 2.38. The summed E-state index contributed by atoms with van der Waals surface area (Å²) in [6.07, 6.45) is 0.930. The smallest absolute Gasteiger partial charge is 0.328 e. The predicted molar refractivity (Wildman–Crippen MR) is 136 cm³/mol. The quantitative estimate of drug-likeness (QED) is 0.474. The summed E-state index contributed by atoms with van der Waals surface area (Å²) in [5.74, 6) is -0.786. The Kier molecular flexibility index (Phi) is 7.01. The number of hydrogen-bond donors (Lipinski definition) is 1. The lowest BCUT2D eigenvalue weighted by atomic mass is 10.00. The van der Waals surface area contributed by atoms with Crippen LogP contribution in [0.1, 0.15) is 52.6 Å². The number of carbonyl (C=O) groups is 3. The third kappa shape index (κ3) is 4.97. The second-order valence-corrected chi connectivity index (χ2v) is 9.10. The summed E-state index contributed by atoms with van der Waals surface area (Å²) in [5, 5.41) is 2.92. The number of rotatable bonds is 7. The molecule has 6 nitrogen and oxygen atoms in total. The average Bonchev–Trinajstić information content (AvgIpc) is 3.19. The number of benzene rings is 3. The molecule has 0 fully saturated rings. The van der Waals surface area contributed by atoms with Gasteiger partial charge in [-0.2, -0.15) is 0 Å². The van der Waals surface area contributed by atoms with E-state index in [1.807, 2.05) is 80.6 Å². The highest BCUT2D eigenvalue weighted by Crippen LogP contribution is 2.32. The lowest BCUT2D eigenvalue weighted by molar-refractivity contribution is -0.147. The monoisotopic (exact) mass is 470 g/mol. The Bertz CT molecular complexity index is 1250. The van der Waals surface area contributed by atoms with Gasteiger partial charge < -0.3 is 15.0 Å². The Labute approximate surface area is 205 Å². The van der Waals surface area contributed by atoms with Gasteiger partial charge in [0.1, 0.15) is 6.04 Å². The lowest BCUT2D eigenvalue weighted by Gasteiger charge is -2.28. The molecule has 180 valence electrons. The van der Waals surface area contributed by atoms with Gasteiger partial charge in [0, 0.05) is 23.4 Å². The maximum absolute atomic E-state index is 13.2. The zero-order chi connectivity index (χ0) is 25.1. The number of anilines is 1. The first kappa shape index (κ1) is 24.2. The molecule has 3 aromatic rings. The third-order valence-electron chi connectivity index (χ3n) is 6.45. The van der Waals surface area contributed by atoms with Crippen LogP contribution in [0.15, 0.2) is 66.7 Å². The molecule has 1 heterocycles. The maximum atomic E-state index is 13.2. The topological polar surface area (TPSA) is 75.7 Å². The minimum atomic E-state index is -0.621. The number of fused-ring (bicyclic) bond motifs is 1. The average molecular weight is 471 g/mol. The second-order valence-electron chi connectivity index (χ2n) is 9.10. The van der Waals surface area contributed by atoms with Crippen LogP contribution >= 0.6 is 0 Å². The SMILES string of the molecule is CCc1ccc(C(=O)Nc2ccc(-c3ccc4c(c3)C(=O)N(C(C(=O)OC)C(C)C)C4)cc2)cc1. The van der Waals surface area contributed by atoms with E-state index < -0.39 is 12.0 Å². The molecule has 0 radical (unpaired) electrons. The van der Waals surface area contributed by atoms with Crippen LogP contribution in [0.5, 0.6) is 0 Å². The second kappa shape index (κ2) is 10.1. The zero-order valence-corrected chi connectivity index (χ0v) is 20.5. The van der Waals surface area contributed by atoms with E-state index in [4.69, 9.17) is 4.74 Å². The summed E-state index contributed by atoms with van der Waals surface area (Å²) >= 11 is 0. The van der Waals surface area contributed by atoms with E-state index in [0.29, 0.717) is 23.4 Å².